The highest BCUT2D eigenvalue weighted by Crippen LogP contribution is 2.44. The van der Waals surface area contributed by atoms with Crippen molar-refractivity contribution in [3.8, 4) is 11.5 Å². The molecule has 2 amide bonds. The standard InChI is InChI=1S/C27H30N2O5S/c1-32-15-14-29-25(23-9-6-16-35-23)24(20-7-4-5-8-21(20)27(29)31)26(30)28-13-12-18-10-11-19(33-2)17-22(18)34-3/h4-11,16-17,24-25H,12-15H2,1-3H3,(H,28,30)/t24-,25-/m1/s1. The van der Waals surface area contributed by atoms with E-state index < -0.39 is 12.0 Å². The van der Waals surface area contributed by atoms with E-state index in [2.05, 4.69) is 5.32 Å². The molecule has 1 aliphatic rings. The highest BCUT2D eigenvalue weighted by molar-refractivity contribution is 7.10. The monoisotopic (exact) mass is 494 g/mol. The third-order valence-corrected chi connectivity index (χ3v) is 7.22. The average Bonchev–Trinajstić information content (AvgIpc) is 3.42. The number of carbonyl (C=O) groups is 2. The number of methoxy groups -OCH3 is 3. The molecule has 2 atom stereocenters. The zero-order valence-electron chi connectivity index (χ0n) is 20.2. The van der Waals surface area contributed by atoms with E-state index in [1.165, 1.54) is 0 Å². The maximum Gasteiger partial charge on any atom is 0.254 e. The Balaban J connectivity index is 1.61. The Morgan fingerprint density at radius 1 is 1.06 bits per heavy atom. The van der Waals surface area contributed by atoms with Gasteiger partial charge in [-0.05, 0) is 41.1 Å². The molecular weight excluding hydrogens is 464 g/mol. The van der Waals surface area contributed by atoms with Gasteiger partial charge in [-0.3, -0.25) is 9.59 Å². The van der Waals surface area contributed by atoms with Gasteiger partial charge in [0.25, 0.3) is 5.91 Å². The van der Waals surface area contributed by atoms with Gasteiger partial charge in [-0.15, -0.1) is 11.3 Å². The van der Waals surface area contributed by atoms with Crippen LogP contribution in [0.1, 0.15) is 38.3 Å². The summed E-state index contributed by atoms with van der Waals surface area (Å²) in [5, 5.41) is 5.09. The summed E-state index contributed by atoms with van der Waals surface area (Å²) in [7, 11) is 4.84. The summed E-state index contributed by atoms with van der Waals surface area (Å²) in [4.78, 5) is 29.9. The van der Waals surface area contributed by atoms with E-state index in [1.54, 1.807) is 43.6 Å². The Morgan fingerprint density at radius 3 is 2.60 bits per heavy atom. The molecule has 0 saturated carbocycles. The van der Waals surface area contributed by atoms with Crippen molar-refractivity contribution in [1.29, 1.82) is 0 Å². The predicted octanol–water partition coefficient (Wildman–Crippen LogP) is 4.05. The summed E-state index contributed by atoms with van der Waals surface area (Å²) in [6.07, 6.45) is 0.600. The van der Waals surface area contributed by atoms with Crippen molar-refractivity contribution in [3.63, 3.8) is 0 Å². The molecule has 8 heteroatoms. The molecule has 2 aromatic carbocycles. The number of nitrogens with zero attached hydrogens (tertiary/aromatic N) is 1. The Bertz CT molecular complexity index is 1160. The van der Waals surface area contributed by atoms with Gasteiger partial charge in [0.1, 0.15) is 11.5 Å². The molecule has 0 saturated heterocycles. The van der Waals surface area contributed by atoms with Gasteiger partial charge in [-0.2, -0.15) is 0 Å². The minimum absolute atomic E-state index is 0.0805. The van der Waals surface area contributed by atoms with Crippen LogP contribution in [0.2, 0.25) is 0 Å². The van der Waals surface area contributed by atoms with E-state index in [9.17, 15) is 9.59 Å². The summed E-state index contributed by atoms with van der Waals surface area (Å²) < 4.78 is 16.0. The van der Waals surface area contributed by atoms with Crippen molar-refractivity contribution in [3.05, 3.63) is 81.5 Å². The van der Waals surface area contributed by atoms with Crippen LogP contribution in [0.25, 0.3) is 0 Å². The van der Waals surface area contributed by atoms with Gasteiger partial charge in [0.2, 0.25) is 5.91 Å². The number of ether oxygens (including phenoxy) is 3. The van der Waals surface area contributed by atoms with Crippen LogP contribution in [0, 0.1) is 0 Å². The molecule has 3 aromatic rings. The first-order chi connectivity index (χ1) is 17.1. The highest BCUT2D eigenvalue weighted by atomic mass is 32.1. The normalized spacial score (nSPS) is 17.1. The molecule has 7 nitrogen and oxygen atoms in total. The Labute approximate surface area is 209 Å². The van der Waals surface area contributed by atoms with Gasteiger partial charge in [0.15, 0.2) is 0 Å². The molecule has 184 valence electrons. The Morgan fingerprint density at radius 2 is 1.89 bits per heavy atom. The van der Waals surface area contributed by atoms with Crippen molar-refractivity contribution in [2.75, 3.05) is 41.0 Å². The molecule has 2 heterocycles. The van der Waals surface area contributed by atoms with E-state index in [1.807, 2.05) is 53.9 Å². The van der Waals surface area contributed by atoms with Crippen LogP contribution in [-0.2, 0) is 16.0 Å². The minimum Gasteiger partial charge on any atom is -0.497 e. The fourth-order valence-corrected chi connectivity index (χ4v) is 5.45. The molecule has 0 radical (unpaired) electrons. The fraction of sp³-hybridized carbons (Fsp3) is 0.333. The van der Waals surface area contributed by atoms with Crippen LogP contribution in [0.15, 0.2) is 60.0 Å². The van der Waals surface area contributed by atoms with E-state index in [0.29, 0.717) is 37.4 Å². The molecule has 0 aliphatic carbocycles. The third kappa shape index (κ3) is 5.18. The van der Waals surface area contributed by atoms with E-state index in [-0.39, 0.29) is 11.8 Å². The number of hydrogen-bond donors (Lipinski definition) is 1. The van der Waals surface area contributed by atoms with Crippen molar-refractivity contribution < 1.29 is 23.8 Å². The fourth-order valence-electron chi connectivity index (χ4n) is 4.58. The van der Waals surface area contributed by atoms with E-state index >= 15 is 0 Å². The summed E-state index contributed by atoms with van der Waals surface area (Å²) in [5.41, 5.74) is 2.29. The molecule has 4 rings (SSSR count). The molecule has 1 aromatic heterocycles. The lowest BCUT2D eigenvalue weighted by Gasteiger charge is -2.41. The topological polar surface area (TPSA) is 77.1 Å². The predicted molar refractivity (Wildman–Crippen MR) is 135 cm³/mol. The second-order valence-corrected chi connectivity index (χ2v) is 9.21. The number of rotatable bonds is 10. The number of nitrogens with one attached hydrogen (secondary N) is 1. The van der Waals surface area contributed by atoms with Gasteiger partial charge in [-0.1, -0.05) is 30.3 Å². The summed E-state index contributed by atoms with van der Waals surface area (Å²) in [5.74, 6) is 0.709. The van der Waals surface area contributed by atoms with Crippen LogP contribution in [0.5, 0.6) is 11.5 Å². The summed E-state index contributed by atoms with van der Waals surface area (Å²) in [6.45, 7) is 1.23. The van der Waals surface area contributed by atoms with Crippen LogP contribution in [0.3, 0.4) is 0 Å². The average molecular weight is 495 g/mol. The molecule has 1 N–H and O–H groups in total. The SMILES string of the molecule is COCCN1C(=O)c2ccccc2[C@@H](C(=O)NCCc2ccc(OC)cc2OC)[C@H]1c1cccs1. The smallest absolute Gasteiger partial charge is 0.254 e. The number of hydrogen-bond acceptors (Lipinski definition) is 6. The lowest BCUT2D eigenvalue weighted by molar-refractivity contribution is -0.124. The molecular formula is C27H30N2O5S. The molecule has 0 bridgehead atoms. The van der Waals surface area contributed by atoms with Crippen molar-refractivity contribution in [2.24, 2.45) is 0 Å². The second-order valence-electron chi connectivity index (χ2n) is 8.24. The summed E-state index contributed by atoms with van der Waals surface area (Å²) >= 11 is 1.55. The molecule has 0 fully saturated rings. The third-order valence-electron chi connectivity index (χ3n) is 6.28. The van der Waals surface area contributed by atoms with Crippen LogP contribution < -0.4 is 14.8 Å². The van der Waals surface area contributed by atoms with E-state index in [4.69, 9.17) is 14.2 Å². The molecule has 1 aliphatic heterocycles. The number of amides is 2. The lowest BCUT2D eigenvalue weighted by Crippen LogP contribution is -2.48. The lowest BCUT2D eigenvalue weighted by atomic mass is 9.81. The minimum atomic E-state index is -0.530. The van der Waals surface area contributed by atoms with E-state index in [0.717, 1.165) is 21.8 Å². The quantitative estimate of drug-likeness (QED) is 0.460. The van der Waals surface area contributed by atoms with Crippen LogP contribution in [0.4, 0.5) is 0 Å². The van der Waals surface area contributed by atoms with Crippen LogP contribution >= 0.6 is 11.3 Å². The number of carbonyl (C=O) groups excluding carboxylic acids is 2. The van der Waals surface area contributed by atoms with Gasteiger partial charge in [0.05, 0.1) is 32.8 Å². The van der Waals surface area contributed by atoms with Gasteiger partial charge in [-0.25, -0.2) is 0 Å². The maximum atomic E-state index is 13.7. The second kappa shape index (κ2) is 11.4. The first-order valence-electron chi connectivity index (χ1n) is 11.5. The van der Waals surface area contributed by atoms with Crippen LogP contribution in [-0.4, -0.2) is 57.7 Å². The van der Waals surface area contributed by atoms with Gasteiger partial charge in [0, 0.05) is 36.7 Å². The zero-order chi connectivity index (χ0) is 24.8. The van der Waals surface area contributed by atoms with Crippen molar-refractivity contribution in [1.82, 2.24) is 10.2 Å². The molecule has 0 unspecified atom stereocenters. The number of thiophene rings is 1. The summed E-state index contributed by atoms with van der Waals surface area (Å²) in [6, 6.07) is 16.6. The Hall–Kier alpha value is -3.36. The zero-order valence-corrected chi connectivity index (χ0v) is 21.0. The molecule has 35 heavy (non-hydrogen) atoms. The first-order valence-corrected chi connectivity index (χ1v) is 12.4. The van der Waals surface area contributed by atoms with Gasteiger partial charge < -0.3 is 24.4 Å². The number of benzene rings is 2. The largest absolute Gasteiger partial charge is 0.497 e. The van der Waals surface area contributed by atoms with Crippen molar-refractivity contribution in [2.45, 2.75) is 18.4 Å². The van der Waals surface area contributed by atoms with Gasteiger partial charge >= 0.3 is 0 Å². The molecule has 0 spiro atoms. The highest BCUT2D eigenvalue weighted by Gasteiger charge is 2.44. The first kappa shape index (κ1) is 24.8. The maximum absolute atomic E-state index is 13.7. The Kier molecular flexibility index (Phi) is 8.05. The van der Waals surface area contributed by atoms with Crippen molar-refractivity contribution >= 4 is 23.2 Å². The number of fused-ring (bicyclic) bond motifs is 1.